The van der Waals surface area contributed by atoms with Crippen molar-refractivity contribution in [2.45, 2.75) is 33.3 Å². The lowest BCUT2D eigenvalue weighted by Crippen LogP contribution is -2.30. The number of rotatable bonds is 6. The predicted molar refractivity (Wildman–Crippen MR) is 104 cm³/mol. The van der Waals surface area contributed by atoms with E-state index < -0.39 is 18.0 Å². The maximum atomic E-state index is 12.4. The summed E-state index contributed by atoms with van der Waals surface area (Å²) in [6.45, 7) is 5.21. The molecule has 0 aliphatic heterocycles. The fourth-order valence-electron chi connectivity index (χ4n) is 2.81. The van der Waals surface area contributed by atoms with E-state index in [1.54, 1.807) is 35.7 Å². The van der Waals surface area contributed by atoms with Gasteiger partial charge in [-0.15, -0.1) is 0 Å². The van der Waals surface area contributed by atoms with Gasteiger partial charge in [0, 0.05) is 18.8 Å². The van der Waals surface area contributed by atoms with Crippen LogP contribution in [0.4, 0.5) is 5.69 Å². The highest BCUT2D eigenvalue weighted by molar-refractivity contribution is 5.96. The maximum Gasteiger partial charge on any atom is 0.311 e. The van der Waals surface area contributed by atoms with Crippen molar-refractivity contribution in [3.05, 3.63) is 59.7 Å². The predicted octanol–water partition coefficient (Wildman–Crippen LogP) is 2.34. The lowest BCUT2D eigenvalue weighted by Gasteiger charge is -2.13. The molecule has 1 aromatic carbocycles. The van der Waals surface area contributed by atoms with Gasteiger partial charge in [-0.25, -0.2) is 4.68 Å². The van der Waals surface area contributed by atoms with Gasteiger partial charge in [-0.05, 0) is 32.9 Å². The number of nitrogens with zero attached hydrogens (tertiary/aromatic N) is 4. The van der Waals surface area contributed by atoms with Crippen LogP contribution >= 0.6 is 0 Å². The molecule has 0 saturated carbocycles. The SMILES string of the molecule is Cc1nn(C)c(C)c1NC(=O)C(C)OC(=O)Cc1cnn(-c2ccccc2)c1. The molecule has 0 saturated heterocycles. The number of carbonyl (C=O) groups excluding carboxylic acids is 2. The van der Waals surface area contributed by atoms with Crippen LogP contribution in [-0.2, 0) is 27.8 Å². The minimum Gasteiger partial charge on any atom is -0.452 e. The summed E-state index contributed by atoms with van der Waals surface area (Å²) in [5.41, 5.74) is 3.79. The number of amides is 1. The average Bonchev–Trinajstić information content (AvgIpc) is 3.22. The fraction of sp³-hybridized carbons (Fsp3) is 0.300. The summed E-state index contributed by atoms with van der Waals surface area (Å²) in [7, 11) is 1.80. The molecular weight excluding hydrogens is 358 g/mol. The summed E-state index contributed by atoms with van der Waals surface area (Å²) in [5.74, 6) is -0.887. The van der Waals surface area contributed by atoms with E-state index in [0.717, 1.165) is 11.4 Å². The Kier molecular flexibility index (Phi) is 5.58. The van der Waals surface area contributed by atoms with Crippen molar-refractivity contribution < 1.29 is 14.3 Å². The second-order valence-corrected chi connectivity index (χ2v) is 6.60. The van der Waals surface area contributed by atoms with Crippen LogP contribution in [0, 0.1) is 13.8 Å². The van der Waals surface area contributed by atoms with Crippen LogP contribution in [0.1, 0.15) is 23.9 Å². The highest BCUT2D eigenvalue weighted by Gasteiger charge is 2.21. The molecule has 8 nitrogen and oxygen atoms in total. The van der Waals surface area contributed by atoms with Crippen molar-refractivity contribution in [3.63, 3.8) is 0 Å². The Hall–Kier alpha value is -3.42. The van der Waals surface area contributed by atoms with Crippen molar-refractivity contribution in [1.29, 1.82) is 0 Å². The van der Waals surface area contributed by atoms with E-state index in [0.29, 0.717) is 16.9 Å². The minimum absolute atomic E-state index is 0.0371. The van der Waals surface area contributed by atoms with Gasteiger partial charge in [0.05, 0.1) is 35.4 Å². The van der Waals surface area contributed by atoms with Crippen LogP contribution in [0.25, 0.3) is 5.69 Å². The van der Waals surface area contributed by atoms with Crippen LogP contribution < -0.4 is 5.32 Å². The first-order chi connectivity index (χ1) is 13.3. The molecule has 0 radical (unpaired) electrons. The molecule has 3 aromatic rings. The molecule has 0 aliphatic rings. The Labute approximate surface area is 163 Å². The molecule has 0 spiro atoms. The number of ether oxygens (including phenoxy) is 1. The quantitative estimate of drug-likeness (QED) is 0.662. The molecule has 0 fully saturated rings. The van der Waals surface area contributed by atoms with E-state index in [1.807, 2.05) is 44.2 Å². The van der Waals surface area contributed by atoms with Gasteiger partial charge in [0.2, 0.25) is 0 Å². The van der Waals surface area contributed by atoms with Gasteiger partial charge >= 0.3 is 5.97 Å². The number of benzene rings is 1. The number of anilines is 1. The fourth-order valence-corrected chi connectivity index (χ4v) is 2.81. The molecule has 2 heterocycles. The van der Waals surface area contributed by atoms with Gasteiger partial charge < -0.3 is 10.1 Å². The molecule has 0 aliphatic carbocycles. The Morgan fingerprint density at radius 3 is 2.57 bits per heavy atom. The smallest absolute Gasteiger partial charge is 0.311 e. The molecular formula is C20H23N5O3. The van der Waals surface area contributed by atoms with E-state index in [-0.39, 0.29) is 6.42 Å². The number of para-hydroxylation sites is 1. The highest BCUT2D eigenvalue weighted by atomic mass is 16.5. The van der Waals surface area contributed by atoms with Crippen LogP contribution in [0.5, 0.6) is 0 Å². The third kappa shape index (κ3) is 4.28. The molecule has 0 bridgehead atoms. The first-order valence-corrected chi connectivity index (χ1v) is 8.94. The second kappa shape index (κ2) is 8.08. The van der Waals surface area contributed by atoms with Gasteiger partial charge in [0.25, 0.3) is 5.91 Å². The Bertz CT molecular complexity index is 991. The summed E-state index contributed by atoms with van der Waals surface area (Å²) in [4.78, 5) is 24.6. The van der Waals surface area contributed by atoms with Gasteiger partial charge in [-0.3, -0.25) is 14.3 Å². The van der Waals surface area contributed by atoms with Crippen LogP contribution in [0.2, 0.25) is 0 Å². The lowest BCUT2D eigenvalue weighted by atomic mass is 10.2. The molecule has 3 rings (SSSR count). The zero-order valence-electron chi connectivity index (χ0n) is 16.3. The third-order valence-corrected chi connectivity index (χ3v) is 4.44. The summed E-state index contributed by atoms with van der Waals surface area (Å²) >= 11 is 0. The Morgan fingerprint density at radius 2 is 1.93 bits per heavy atom. The summed E-state index contributed by atoms with van der Waals surface area (Å²) in [6.07, 6.45) is 2.50. The monoisotopic (exact) mass is 381 g/mol. The standard InChI is InChI=1S/C20H23N5O3/c1-13-19(14(2)24(4)23-13)22-20(27)15(3)28-18(26)10-16-11-21-25(12-16)17-8-6-5-7-9-17/h5-9,11-12,15H,10H2,1-4H3,(H,22,27). The topological polar surface area (TPSA) is 91.0 Å². The van der Waals surface area contributed by atoms with Crippen LogP contribution in [0.3, 0.4) is 0 Å². The van der Waals surface area contributed by atoms with Gasteiger partial charge in [0.15, 0.2) is 6.10 Å². The molecule has 2 aromatic heterocycles. The summed E-state index contributed by atoms with van der Waals surface area (Å²) < 4.78 is 8.65. The van der Waals surface area contributed by atoms with E-state index in [1.165, 1.54) is 0 Å². The third-order valence-electron chi connectivity index (χ3n) is 4.44. The van der Waals surface area contributed by atoms with Crippen molar-refractivity contribution >= 4 is 17.6 Å². The average molecular weight is 381 g/mol. The highest BCUT2D eigenvalue weighted by Crippen LogP contribution is 2.19. The largest absolute Gasteiger partial charge is 0.452 e. The maximum absolute atomic E-state index is 12.4. The van der Waals surface area contributed by atoms with Crippen molar-refractivity contribution in [3.8, 4) is 5.69 Å². The van der Waals surface area contributed by atoms with Crippen LogP contribution in [-0.4, -0.2) is 37.5 Å². The normalized spacial score (nSPS) is 11.9. The number of hydrogen-bond acceptors (Lipinski definition) is 5. The van der Waals surface area contributed by atoms with Crippen LogP contribution in [0.15, 0.2) is 42.7 Å². The second-order valence-electron chi connectivity index (χ2n) is 6.60. The van der Waals surface area contributed by atoms with Gasteiger partial charge in [-0.1, -0.05) is 18.2 Å². The number of hydrogen-bond donors (Lipinski definition) is 1. The number of carbonyl (C=O) groups is 2. The first-order valence-electron chi connectivity index (χ1n) is 8.94. The van der Waals surface area contributed by atoms with E-state index >= 15 is 0 Å². The van der Waals surface area contributed by atoms with Gasteiger partial charge in [0.1, 0.15) is 0 Å². The molecule has 146 valence electrons. The van der Waals surface area contributed by atoms with E-state index in [9.17, 15) is 9.59 Å². The van der Waals surface area contributed by atoms with Crippen molar-refractivity contribution in [1.82, 2.24) is 19.6 Å². The molecule has 1 atom stereocenters. The molecule has 28 heavy (non-hydrogen) atoms. The Balaban J connectivity index is 1.57. The molecule has 8 heteroatoms. The number of aryl methyl sites for hydroxylation is 2. The minimum atomic E-state index is -0.921. The first kappa shape index (κ1) is 19.3. The van der Waals surface area contributed by atoms with Crippen molar-refractivity contribution in [2.24, 2.45) is 7.05 Å². The number of aromatic nitrogens is 4. The number of nitrogens with one attached hydrogen (secondary N) is 1. The summed E-state index contributed by atoms with van der Waals surface area (Å²) in [6, 6.07) is 9.59. The zero-order chi connectivity index (χ0) is 20.3. The van der Waals surface area contributed by atoms with E-state index in [2.05, 4.69) is 15.5 Å². The zero-order valence-corrected chi connectivity index (χ0v) is 16.3. The lowest BCUT2D eigenvalue weighted by molar-refractivity contribution is -0.152. The van der Waals surface area contributed by atoms with Gasteiger partial charge in [-0.2, -0.15) is 10.2 Å². The van der Waals surface area contributed by atoms with E-state index in [4.69, 9.17) is 4.74 Å². The molecule has 1 amide bonds. The Morgan fingerprint density at radius 1 is 1.21 bits per heavy atom. The summed E-state index contributed by atoms with van der Waals surface area (Å²) in [5, 5.41) is 11.3. The van der Waals surface area contributed by atoms with Crippen molar-refractivity contribution in [2.75, 3.05) is 5.32 Å². The molecule has 1 unspecified atom stereocenters. The molecule has 1 N–H and O–H groups in total. The number of esters is 1.